The summed E-state index contributed by atoms with van der Waals surface area (Å²) in [4.78, 5) is 30.6. The first-order valence-electron chi connectivity index (χ1n) is 9.48. The van der Waals surface area contributed by atoms with Crippen LogP contribution in [0.25, 0.3) is 0 Å². The van der Waals surface area contributed by atoms with Crippen LogP contribution in [-0.4, -0.2) is 43.2 Å². The van der Waals surface area contributed by atoms with Gasteiger partial charge >= 0.3 is 0 Å². The molecule has 2 atom stereocenters. The molecule has 1 aliphatic carbocycles. The molecule has 2 N–H and O–H groups in total. The Balaban J connectivity index is 1.38. The summed E-state index contributed by atoms with van der Waals surface area (Å²) in [5.41, 5.74) is 1.32. The summed E-state index contributed by atoms with van der Waals surface area (Å²) in [6.45, 7) is 1.33. The molecule has 1 aromatic carbocycles. The second-order valence-electron chi connectivity index (χ2n) is 6.98. The number of fused-ring (bicyclic) bond motifs is 1. The number of thiazole rings is 1. The Bertz CT molecular complexity index is 859. The molecule has 0 saturated carbocycles. The van der Waals surface area contributed by atoms with Gasteiger partial charge in [0.2, 0.25) is 5.91 Å². The Morgan fingerprint density at radius 2 is 2.11 bits per heavy atom. The number of carbonyl (C=O) groups excluding carboxylic acids is 2. The van der Waals surface area contributed by atoms with Gasteiger partial charge in [0.15, 0.2) is 5.13 Å². The number of nitrogens with one attached hydrogen (secondary N) is 2. The van der Waals surface area contributed by atoms with Crippen molar-refractivity contribution in [1.82, 2.24) is 10.3 Å². The maximum absolute atomic E-state index is 12.6. The monoisotopic (exact) mass is 401 g/mol. The number of hydrogen-bond donors (Lipinski definition) is 2. The average Bonchev–Trinajstić information content (AvgIpc) is 3.43. The Labute approximate surface area is 167 Å². The molecule has 2 unspecified atom stereocenters. The van der Waals surface area contributed by atoms with E-state index in [1.165, 1.54) is 11.3 Å². The van der Waals surface area contributed by atoms with E-state index in [1.807, 2.05) is 0 Å². The molecule has 1 aliphatic heterocycles. The molecule has 2 amide bonds. The van der Waals surface area contributed by atoms with Gasteiger partial charge < -0.3 is 14.8 Å². The molecule has 1 saturated heterocycles. The Morgan fingerprint density at radius 3 is 2.82 bits per heavy atom. The van der Waals surface area contributed by atoms with E-state index >= 15 is 0 Å². The largest absolute Gasteiger partial charge is 0.497 e. The van der Waals surface area contributed by atoms with E-state index in [4.69, 9.17) is 9.47 Å². The van der Waals surface area contributed by atoms with E-state index in [0.29, 0.717) is 23.0 Å². The molecule has 28 heavy (non-hydrogen) atoms. The summed E-state index contributed by atoms with van der Waals surface area (Å²) in [6.07, 6.45) is 3.74. The molecule has 148 valence electrons. The standard InChI is InChI=1S/C20H23N3O4S/c1-26-13-6-4-12(5-7-13)18(24)23-20-22-17-15(8-9-16(17)28-20)19(25)21-11-14-3-2-10-27-14/h4-7,14-15H,2-3,8-11H2,1H3,(H,21,25)(H,22,23,24). The summed E-state index contributed by atoms with van der Waals surface area (Å²) < 4.78 is 10.7. The molecule has 2 aliphatic rings. The highest BCUT2D eigenvalue weighted by molar-refractivity contribution is 7.16. The molecule has 7 nitrogen and oxygen atoms in total. The highest BCUT2D eigenvalue weighted by Gasteiger charge is 2.33. The third-order valence-corrected chi connectivity index (χ3v) is 6.18. The van der Waals surface area contributed by atoms with Crippen LogP contribution in [0.4, 0.5) is 5.13 Å². The summed E-state index contributed by atoms with van der Waals surface area (Å²) >= 11 is 1.44. The summed E-state index contributed by atoms with van der Waals surface area (Å²) in [6, 6.07) is 6.89. The average molecular weight is 401 g/mol. The van der Waals surface area contributed by atoms with Crippen molar-refractivity contribution in [1.29, 1.82) is 0 Å². The predicted molar refractivity (Wildman–Crippen MR) is 106 cm³/mol. The number of ether oxygens (including phenoxy) is 2. The Kier molecular flexibility index (Phi) is 5.59. The van der Waals surface area contributed by atoms with Crippen LogP contribution in [0.1, 0.15) is 46.1 Å². The molecule has 2 heterocycles. The number of aryl methyl sites for hydroxylation is 1. The van der Waals surface area contributed by atoms with Crippen molar-refractivity contribution in [3.8, 4) is 5.75 Å². The zero-order chi connectivity index (χ0) is 19.5. The number of carbonyl (C=O) groups is 2. The van der Waals surface area contributed by atoms with Gasteiger partial charge in [0, 0.05) is 23.6 Å². The lowest BCUT2D eigenvalue weighted by Crippen LogP contribution is -2.34. The number of benzene rings is 1. The first-order chi connectivity index (χ1) is 13.6. The molecule has 8 heteroatoms. The maximum Gasteiger partial charge on any atom is 0.257 e. The number of hydrogen-bond acceptors (Lipinski definition) is 6. The van der Waals surface area contributed by atoms with Crippen LogP contribution < -0.4 is 15.4 Å². The van der Waals surface area contributed by atoms with Gasteiger partial charge in [0.05, 0.1) is 24.8 Å². The van der Waals surface area contributed by atoms with Crippen LogP contribution in [0.3, 0.4) is 0 Å². The van der Waals surface area contributed by atoms with E-state index in [9.17, 15) is 9.59 Å². The zero-order valence-electron chi connectivity index (χ0n) is 15.7. The summed E-state index contributed by atoms with van der Waals surface area (Å²) in [7, 11) is 1.58. The lowest BCUT2D eigenvalue weighted by atomic mass is 10.1. The van der Waals surface area contributed by atoms with Crippen LogP contribution in [0.15, 0.2) is 24.3 Å². The molecular formula is C20H23N3O4S. The predicted octanol–water partition coefficient (Wildman–Crippen LogP) is 2.73. The smallest absolute Gasteiger partial charge is 0.257 e. The number of methoxy groups -OCH3 is 1. The fraction of sp³-hybridized carbons (Fsp3) is 0.450. The van der Waals surface area contributed by atoms with E-state index in [-0.39, 0.29) is 23.8 Å². The van der Waals surface area contributed by atoms with E-state index in [1.54, 1.807) is 31.4 Å². The third kappa shape index (κ3) is 4.02. The van der Waals surface area contributed by atoms with Gasteiger partial charge in [-0.05, 0) is 49.9 Å². The fourth-order valence-electron chi connectivity index (χ4n) is 3.59. The molecular weight excluding hydrogens is 378 g/mol. The molecule has 0 radical (unpaired) electrons. The summed E-state index contributed by atoms with van der Waals surface area (Å²) in [5, 5.41) is 6.36. The molecule has 1 aromatic heterocycles. The molecule has 2 aromatic rings. The molecule has 0 bridgehead atoms. The summed E-state index contributed by atoms with van der Waals surface area (Å²) in [5.74, 6) is 0.211. The number of nitrogens with zero attached hydrogens (tertiary/aromatic N) is 1. The van der Waals surface area contributed by atoms with Crippen LogP contribution in [-0.2, 0) is 16.0 Å². The minimum Gasteiger partial charge on any atom is -0.497 e. The van der Waals surface area contributed by atoms with Gasteiger partial charge in [0.25, 0.3) is 5.91 Å². The van der Waals surface area contributed by atoms with Gasteiger partial charge in [-0.15, -0.1) is 11.3 Å². The number of anilines is 1. The van der Waals surface area contributed by atoms with Crippen molar-refractivity contribution in [3.05, 3.63) is 40.4 Å². The van der Waals surface area contributed by atoms with Gasteiger partial charge in [-0.3, -0.25) is 14.9 Å². The third-order valence-electron chi connectivity index (χ3n) is 5.13. The van der Waals surface area contributed by atoms with Crippen molar-refractivity contribution < 1.29 is 19.1 Å². The quantitative estimate of drug-likeness (QED) is 0.777. The highest BCUT2D eigenvalue weighted by atomic mass is 32.1. The number of aromatic nitrogens is 1. The minimum absolute atomic E-state index is 0.00687. The Morgan fingerprint density at radius 1 is 1.29 bits per heavy atom. The van der Waals surface area contributed by atoms with E-state index in [0.717, 1.165) is 42.9 Å². The van der Waals surface area contributed by atoms with Crippen molar-refractivity contribution in [2.45, 2.75) is 37.7 Å². The zero-order valence-corrected chi connectivity index (χ0v) is 16.5. The van der Waals surface area contributed by atoms with Crippen molar-refractivity contribution in [3.63, 3.8) is 0 Å². The number of rotatable bonds is 6. The fourth-order valence-corrected chi connectivity index (χ4v) is 4.62. The van der Waals surface area contributed by atoms with Crippen LogP contribution in [0, 0.1) is 0 Å². The Hall–Kier alpha value is -2.45. The first kappa shape index (κ1) is 18.9. The normalized spacial score (nSPS) is 20.6. The lowest BCUT2D eigenvalue weighted by molar-refractivity contribution is -0.123. The minimum atomic E-state index is -0.251. The SMILES string of the molecule is COc1ccc(C(=O)Nc2nc3c(s2)CCC3C(=O)NCC2CCCO2)cc1. The second-order valence-corrected chi connectivity index (χ2v) is 8.07. The van der Waals surface area contributed by atoms with E-state index in [2.05, 4.69) is 15.6 Å². The first-order valence-corrected chi connectivity index (χ1v) is 10.3. The number of amides is 2. The molecule has 0 spiro atoms. The highest BCUT2D eigenvalue weighted by Crippen LogP contribution is 2.38. The van der Waals surface area contributed by atoms with E-state index < -0.39 is 0 Å². The van der Waals surface area contributed by atoms with Crippen LogP contribution >= 0.6 is 11.3 Å². The topological polar surface area (TPSA) is 89.5 Å². The molecule has 4 rings (SSSR count). The second kappa shape index (κ2) is 8.28. The van der Waals surface area contributed by atoms with Gasteiger partial charge in [-0.2, -0.15) is 0 Å². The van der Waals surface area contributed by atoms with Gasteiger partial charge in [-0.25, -0.2) is 4.98 Å². The van der Waals surface area contributed by atoms with Crippen LogP contribution in [0.5, 0.6) is 5.75 Å². The van der Waals surface area contributed by atoms with Crippen molar-refractivity contribution in [2.75, 3.05) is 25.6 Å². The van der Waals surface area contributed by atoms with Gasteiger partial charge in [0.1, 0.15) is 5.75 Å². The van der Waals surface area contributed by atoms with Crippen LogP contribution in [0.2, 0.25) is 0 Å². The van der Waals surface area contributed by atoms with Crippen molar-refractivity contribution >= 4 is 28.3 Å². The maximum atomic E-state index is 12.6. The molecule has 1 fully saturated rings. The van der Waals surface area contributed by atoms with Crippen molar-refractivity contribution in [2.24, 2.45) is 0 Å². The lowest BCUT2D eigenvalue weighted by Gasteiger charge is -2.14. The van der Waals surface area contributed by atoms with Gasteiger partial charge in [-0.1, -0.05) is 0 Å².